The van der Waals surface area contributed by atoms with Gasteiger partial charge in [0, 0.05) is 12.1 Å². The maximum absolute atomic E-state index is 12.3. The SMILES string of the molecule is C[C@@H](C(=O)N/N=C\c1ccc([N+](=O)[O-])cc1)N(c1ccccc1)S(C)(=O)=O. The Morgan fingerprint density at radius 1 is 1.19 bits per heavy atom. The Bertz CT molecular complexity index is 943. The van der Waals surface area contributed by atoms with Gasteiger partial charge < -0.3 is 0 Å². The predicted molar refractivity (Wildman–Crippen MR) is 102 cm³/mol. The monoisotopic (exact) mass is 390 g/mol. The van der Waals surface area contributed by atoms with Gasteiger partial charge in [-0.15, -0.1) is 0 Å². The summed E-state index contributed by atoms with van der Waals surface area (Å²) in [4.78, 5) is 22.4. The molecule has 0 fully saturated rings. The van der Waals surface area contributed by atoms with Crippen molar-refractivity contribution in [1.82, 2.24) is 5.43 Å². The number of nitro groups is 1. The third kappa shape index (κ3) is 5.35. The zero-order valence-electron chi connectivity index (χ0n) is 14.6. The summed E-state index contributed by atoms with van der Waals surface area (Å²) in [7, 11) is -3.70. The number of non-ortho nitro benzene ring substituents is 1. The van der Waals surface area contributed by atoms with E-state index in [1.54, 1.807) is 30.3 Å². The Morgan fingerprint density at radius 2 is 1.78 bits per heavy atom. The van der Waals surface area contributed by atoms with Gasteiger partial charge >= 0.3 is 0 Å². The van der Waals surface area contributed by atoms with Crippen molar-refractivity contribution in [3.8, 4) is 0 Å². The number of benzene rings is 2. The van der Waals surface area contributed by atoms with E-state index in [1.807, 2.05) is 0 Å². The summed E-state index contributed by atoms with van der Waals surface area (Å²) < 4.78 is 25.2. The molecule has 0 radical (unpaired) electrons. The smallest absolute Gasteiger partial charge is 0.269 e. The van der Waals surface area contributed by atoms with Gasteiger partial charge in [0.05, 0.1) is 23.1 Å². The number of nitrogens with one attached hydrogen (secondary N) is 1. The molecule has 0 aliphatic carbocycles. The number of carbonyl (C=O) groups is 1. The van der Waals surface area contributed by atoms with Crippen molar-refractivity contribution in [1.29, 1.82) is 0 Å². The molecule has 27 heavy (non-hydrogen) atoms. The highest BCUT2D eigenvalue weighted by Crippen LogP contribution is 2.20. The Balaban J connectivity index is 2.10. The molecule has 0 spiro atoms. The van der Waals surface area contributed by atoms with Gasteiger partial charge in [-0.1, -0.05) is 18.2 Å². The molecule has 1 amide bonds. The van der Waals surface area contributed by atoms with E-state index in [4.69, 9.17) is 0 Å². The van der Waals surface area contributed by atoms with Crippen LogP contribution in [0.4, 0.5) is 11.4 Å². The minimum atomic E-state index is -3.70. The fourth-order valence-electron chi connectivity index (χ4n) is 2.33. The number of amides is 1. The number of nitro benzene ring substituents is 1. The van der Waals surface area contributed by atoms with Crippen LogP contribution in [0.5, 0.6) is 0 Å². The maximum Gasteiger partial charge on any atom is 0.269 e. The van der Waals surface area contributed by atoms with Gasteiger partial charge in [0.25, 0.3) is 11.6 Å². The summed E-state index contributed by atoms with van der Waals surface area (Å²) in [6.07, 6.45) is 2.32. The van der Waals surface area contributed by atoms with Crippen LogP contribution in [0.1, 0.15) is 12.5 Å². The van der Waals surface area contributed by atoms with Crippen LogP contribution in [0, 0.1) is 10.1 Å². The number of hydrogen-bond acceptors (Lipinski definition) is 6. The maximum atomic E-state index is 12.3. The summed E-state index contributed by atoms with van der Waals surface area (Å²) in [6.45, 7) is 1.45. The highest BCUT2D eigenvalue weighted by molar-refractivity contribution is 7.92. The molecule has 0 aromatic heterocycles. The van der Waals surface area contributed by atoms with Gasteiger partial charge in [0.15, 0.2) is 0 Å². The van der Waals surface area contributed by atoms with Gasteiger partial charge in [-0.3, -0.25) is 19.2 Å². The fraction of sp³-hybridized carbons (Fsp3) is 0.176. The first-order valence-electron chi connectivity index (χ1n) is 7.82. The average Bonchev–Trinajstić information content (AvgIpc) is 2.61. The van der Waals surface area contributed by atoms with E-state index >= 15 is 0 Å². The second kappa shape index (κ2) is 8.41. The van der Waals surface area contributed by atoms with E-state index in [2.05, 4.69) is 10.5 Å². The normalized spacial score (nSPS) is 12.5. The van der Waals surface area contributed by atoms with Crippen LogP contribution < -0.4 is 9.73 Å². The third-order valence-corrected chi connectivity index (χ3v) is 4.83. The molecule has 2 aromatic rings. The van der Waals surface area contributed by atoms with Gasteiger partial charge in [0.2, 0.25) is 10.0 Å². The molecule has 1 N–H and O–H groups in total. The van der Waals surface area contributed by atoms with E-state index in [0.717, 1.165) is 10.6 Å². The van der Waals surface area contributed by atoms with Crippen molar-refractivity contribution in [2.24, 2.45) is 5.10 Å². The second-order valence-corrected chi connectivity index (χ2v) is 7.51. The molecular formula is C17H18N4O5S. The number of rotatable bonds is 7. The topological polar surface area (TPSA) is 122 Å². The Kier molecular flexibility index (Phi) is 6.24. The summed E-state index contributed by atoms with van der Waals surface area (Å²) >= 11 is 0. The van der Waals surface area contributed by atoms with Crippen LogP contribution in [0.15, 0.2) is 59.7 Å². The van der Waals surface area contributed by atoms with Crippen LogP contribution >= 0.6 is 0 Å². The lowest BCUT2D eigenvalue weighted by molar-refractivity contribution is -0.384. The van der Waals surface area contributed by atoms with Crippen molar-refractivity contribution in [2.45, 2.75) is 13.0 Å². The van der Waals surface area contributed by atoms with Crippen LogP contribution in [0.2, 0.25) is 0 Å². The molecule has 2 rings (SSSR count). The quantitative estimate of drug-likeness (QED) is 0.439. The first-order chi connectivity index (χ1) is 12.7. The Labute approximate surface area is 156 Å². The molecule has 0 heterocycles. The van der Waals surface area contributed by atoms with Gasteiger partial charge in [0.1, 0.15) is 6.04 Å². The standard InChI is InChI=1S/C17H18N4O5S/c1-13(20(27(2,25)26)15-6-4-3-5-7-15)17(22)19-18-12-14-8-10-16(11-9-14)21(23)24/h3-13H,1-2H3,(H,19,22)/b18-12-/t13-/m0/s1. The third-order valence-electron chi connectivity index (χ3n) is 3.59. The van der Waals surface area contributed by atoms with Crippen molar-refractivity contribution < 1.29 is 18.1 Å². The molecule has 0 unspecified atom stereocenters. The zero-order valence-corrected chi connectivity index (χ0v) is 15.5. The minimum absolute atomic E-state index is 0.0588. The number of anilines is 1. The number of carbonyl (C=O) groups excluding carboxylic acids is 1. The summed E-state index contributed by atoms with van der Waals surface area (Å²) in [5, 5.41) is 14.4. The Hall–Kier alpha value is -3.27. The minimum Gasteiger partial charge on any atom is -0.271 e. The summed E-state index contributed by atoms with van der Waals surface area (Å²) in [5.41, 5.74) is 3.12. The predicted octanol–water partition coefficient (Wildman–Crippen LogP) is 1.90. The van der Waals surface area contributed by atoms with E-state index in [0.29, 0.717) is 11.3 Å². The largest absolute Gasteiger partial charge is 0.271 e. The number of sulfonamides is 1. The molecule has 2 aromatic carbocycles. The fourth-order valence-corrected chi connectivity index (χ4v) is 3.50. The lowest BCUT2D eigenvalue weighted by Gasteiger charge is -2.27. The highest BCUT2D eigenvalue weighted by Gasteiger charge is 2.28. The van der Waals surface area contributed by atoms with E-state index in [9.17, 15) is 23.3 Å². The second-order valence-electron chi connectivity index (χ2n) is 5.65. The van der Waals surface area contributed by atoms with Crippen LogP contribution in [-0.2, 0) is 14.8 Å². The molecule has 0 saturated heterocycles. The van der Waals surface area contributed by atoms with Gasteiger partial charge in [-0.05, 0) is 36.8 Å². The number of nitrogens with zero attached hydrogens (tertiary/aromatic N) is 3. The molecule has 0 saturated carbocycles. The molecule has 142 valence electrons. The van der Waals surface area contributed by atoms with Crippen molar-refractivity contribution >= 4 is 33.5 Å². The zero-order chi connectivity index (χ0) is 20.0. The number of hydrogen-bond donors (Lipinski definition) is 1. The van der Waals surface area contributed by atoms with Gasteiger partial charge in [-0.25, -0.2) is 13.8 Å². The number of para-hydroxylation sites is 1. The van der Waals surface area contributed by atoms with Crippen molar-refractivity contribution in [3.05, 3.63) is 70.3 Å². The van der Waals surface area contributed by atoms with Crippen LogP contribution in [0.25, 0.3) is 0 Å². The molecule has 1 atom stereocenters. The number of hydrazone groups is 1. The molecule has 10 heteroatoms. The first kappa shape index (κ1) is 20.0. The van der Waals surface area contributed by atoms with Gasteiger partial charge in [-0.2, -0.15) is 5.10 Å². The van der Waals surface area contributed by atoms with E-state index in [-0.39, 0.29) is 5.69 Å². The molecule has 9 nitrogen and oxygen atoms in total. The van der Waals surface area contributed by atoms with Crippen molar-refractivity contribution in [3.63, 3.8) is 0 Å². The average molecular weight is 390 g/mol. The molecule has 0 aliphatic heterocycles. The first-order valence-corrected chi connectivity index (χ1v) is 9.67. The van der Waals surface area contributed by atoms with Crippen LogP contribution in [0.3, 0.4) is 0 Å². The molecular weight excluding hydrogens is 372 g/mol. The lowest BCUT2D eigenvalue weighted by Crippen LogP contribution is -2.46. The highest BCUT2D eigenvalue weighted by atomic mass is 32.2. The van der Waals surface area contributed by atoms with E-state index in [1.165, 1.54) is 37.4 Å². The van der Waals surface area contributed by atoms with Crippen LogP contribution in [-0.4, -0.2) is 37.8 Å². The van der Waals surface area contributed by atoms with E-state index < -0.39 is 26.9 Å². The Morgan fingerprint density at radius 3 is 2.30 bits per heavy atom. The molecule has 0 bridgehead atoms. The summed E-state index contributed by atoms with van der Waals surface area (Å²) in [5.74, 6) is -0.623. The summed E-state index contributed by atoms with van der Waals surface area (Å²) in [6, 6.07) is 12.8. The lowest BCUT2D eigenvalue weighted by atomic mass is 10.2. The van der Waals surface area contributed by atoms with Crippen molar-refractivity contribution in [2.75, 3.05) is 10.6 Å². The molecule has 0 aliphatic rings.